The van der Waals surface area contributed by atoms with Gasteiger partial charge in [-0.2, -0.15) is 0 Å². The molecule has 0 bridgehead atoms. The topological polar surface area (TPSA) is 80.2 Å². The van der Waals surface area contributed by atoms with Crippen molar-refractivity contribution in [1.82, 2.24) is 4.90 Å². The highest BCUT2D eigenvalue weighted by molar-refractivity contribution is 8.15. The average Bonchev–Trinajstić information content (AvgIpc) is 3.04. The summed E-state index contributed by atoms with van der Waals surface area (Å²) in [6.07, 6.45) is 0.0777. The first kappa shape index (κ1) is 21.7. The van der Waals surface area contributed by atoms with Crippen molar-refractivity contribution in [1.29, 1.82) is 0 Å². The van der Waals surface area contributed by atoms with Crippen LogP contribution in [-0.2, 0) is 9.59 Å². The number of ether oxygens (including phenoxy) is 2. The van der Waals surface area contributed by atoms with Gasteiger partial charge in [0.15, 0.2) is 5.17 Å². The fourth-order valence-corrected chi connectivity index (χ4v) is 4.19. The second-order valence-corrected chi connectivity index (χ2v) is 7.66. The summed E-state index contributed by atoms with van der Waals surface area (Å²) < 4.78 is 10.6. The molecule has 0 aliphatic carbocycles. The quantitative estimate of drug-likeness (QED) is 0.687. The maximum Gasteiger partial charge on any atom is 0.242 e. The molecule has 0 aromatic heterocycles. The number of hydrogen-bond donors (Lipinski definition) is 1. The number of nitrogens with zero attached hydrogens (tertiary/aromatic N) is 2. The van der Waals surface area contributed by atoms with Gasteiger partial charge in [-0.05, 0) is 62.4 Å². The minimum absolute atomic E-state index is 0.0777. The van der Waals surface area contributed by atoms with Crippen LogP contribution in [0.1, 0.15) is 20.3 Å². The molecule has 1 saturated heterocycles. The number of benzene rings is 2. The lowest BCUT2D eigenvalue weighted by molar-refractivity contribution is -0.128. The van der Waals surface area contributed by atoms with Crippen molar-refractivity contribution < 1.29 is 19.1 Å². The Labute approximate surface area is 180 Å². The number of anilines is 1. The van der Waals surface area contributed by atoms with Crippen molar-refractivity contribution in [3.63, 3.8) is 0 Å². The Hall–Kier alpha value is -3.00. The number of hydrogen-bond acceptors (Lipinski definition) is 6. The standard InChI is InChI=1S/C22H25N3O4S/c1-4-25-21(27)19(14-20(26)23-15-6-10-17(28-3)11-7-15)30-22(25)24-16-8-12-18(13-9-16)29-5-2/h6-13,19H,4-5,14H2,1-3H3,(H,23,26)/t19-/m0/s1. The molecule has 0 spiro atoms. The monoisotopic (exact) mass is 427 g/mol. The number of amidine groups is 1. The van der Waals surface area contributed by atoms with Gasteiger partial charge in [0.05, 0.1) is 19.4 Å². The van der Waals surface area contributed by atoms with Crippen molar-refractivity contribution >= 4 is 40.1 Å². The molecule has 1 N–H and O–H groups in total. The van der Waals surface area contributed by atoms with E-state index < -0.39 is 5.25 Å². The summed E-state index contributed by atoms with van der Waals surface area (Å²) in [5, 5.41) is 2.93. The number of methoxy groups -OCH3 is 1. The van der Waals surface area contributed by atoms with E-state index in [0.29, 0.717) is 29.8 Å². The van der Waals surface area contributed by atoms with Crippen molar-refractivity contribution in [2.45, 2.75) is 25.5 Å². The lowest BCUT2D eigenvalue weighted by Crippen LogP contribution is -2.33. The molecule has 1 fully saturated rings. The fourth-order valence-electron chi connectivity index (χ4n) is 2.96. The Morgan fingerprint density at radius 2 is 1.77 bits per heavy atom. The van der Waals surface area contributed by atoms with Crippen LogP contribution in [0, 0.1) is 0 Å². The van der Waals surface area contributed by atoms with Gasteiger partial charge in [-0.25, -0.2) is 4.99 Å². The van der Waals surface area contributed by atoms with E-state index in [4.69, 9.17) is 9.47 Å². The Balaban J connectivity index is 1.66. The van der Waals surface area contributed by atoms with Crippen molar-refractivity contribution in [3.8, 4) is 11.5 Å². The predicted molar refractivity (Wildman–Crippen MR) is 120 cm³/mol. The summed E-state index contributed by atoms with van der Waals surface area (Å²) in [7, 11) is 1.59. The highest BCUT2D eigenvalue weighted by atomic mass is 32.2. The fraction of sp³-hybridized carbons (Fsp3) is 0.318. The van der Waals surface area contributed by atoms with E-state index in [2.05, 4.69) is 10.3 Å². The molecule has 1 heterocycles. The zero-order valence-electron chi connectivity index (χ0n) is 17.3. The van der Waals surface area contributed by atoms with Gasteiger partial charge in [0.2, 0.25) is 11.8 Å². The molecule has 2 aromatic rings. The van der Waals surface area contributed by atoms with Gasteiger partial charge in [-0.1, -0.05) is 11.8 Å². The largest absolute Gasteiger partial charge is 0.497 e. The smallest absolute Gasteiger partial charge is 0.242 e. The maximum atomic E-state index is 12.8. The first-order valence-electron chi connectivity index (χ1n) is 9.77. The molecule has 8 heteroatoms. The molecule has 1 aliphatic heterocycles. The zero-order valence-corrected chi connectivity index (χ0v) is 18.1. The van der Waals surface area contributed by atoms with E-state index in [9.17, 15) is 9.59 Å². The third-order valence-corrected chi connectivity index (χ3v) is 5.63. The van der Waals surface area contributed by atoms with Crippen LogP contribution >= 0.6 is 11.8 Å². The molecule has 30 heavy (non-hydrogen) atoms. The number of thioether (sulfide) groups is 1. The summed E-state index contributed by atoms with van der Waals surface area (Å²) in [6, 6.07) is 14.5. The van der Waals surface area contributed by atoms with Gasteiger partial charge >= 0.3 is 0 Å². The minimum Gasteiger partial charge on any atom is -0.497 e. The Kier molecular flexibility index (Phi) is 7.35. The Morgan fingerprint density at radius 1 is 1.10 bits per heavy atom. The van der Waals surface area contributed by atoms with Gasteiger partial charge in [-0.3, -0.25) is 14.5 Å². The molecule has 7 nitrogen and oxygen atoms in total. The van der Waals surface area contributed by atoms with Crippen LogP contribution in [0.4, 0.5) is 11.4 Å². The van der Waals surface area contributed by atoms with E-state index in [1.165, 1.54) is 11.8 Å². The predicted octanol–water partition coefficient (Wildman–Crippen LogP) is 4.07. The SMILES string of the molecule is CCOc1ccc(N=C2S[C@@H](CC(=O)Nc3ccc(OC)cc3)C(=O)N2CC)cc1. The van der Waals surface area contributed by atoms with Crippen molar-refractivity contribution in [2.75, 3.05) is 25.6 Å². The zero-order chi connectivity index (χ0) is 21.5. The van der Waals surface area contributed by atoms with Gasteiger partial charge in [0.25, 0.3) is 0 Å². The third kappa shape index (κ3) is 5.33. The van der Waals surface area contributed by atoms with Crippen LogP contribution in [0.25, 0.3) is 0 Å². The molecule has 2 aromatic carbocycles. The van der Waals surface area contributed by atoms with Gasteiger partial charge in [0, 0.05) is 18.7 Å². The first-order valence-corrected chi connectivity index (χ1v) is 10.7. The molecular formula is C22H25N3O4S. The van der Waals surface area contributed by atoms with E-state index in [1.54, 1.807) is 36.3 Å². The molecule has 2 amide bonds. The number of carbonyl (C=O) groups excluding carboxylic acids is 2. The van der Waals surface area contributed by atoms with Gasteiger partial charge in [-0.15, -0.1) is 0 Å². The number of carbonyl (C=O) groups is 2. The highest BCUT2D eigenvalue weighted by Gasteiger charge is 2.38. The average molecular weight is 428 g/mol. The number of nitrogens with one attached hydrogen (secondary N) is 1. The minimum atomic E-state index is -0.496. The first-order chi connectivity index (χ1) is 14.5. The summed E-state index contributed by atoms with van der Waals surface area (Å²) in [5.41, 5.74) is 1.39. The van der Waals surface area contributed by atoms with Crippen LogP contribution in [-0.4, -0.2) is 47.4 Å². The van der Waals surface area contributed by atoms with Crippen LogP contribution in [0.3, 0.4) is 0 Å². The lowest BCUT2D eigenvalue weighted by Gasteiger charge is -2.13. The molecule has 0 radical (unpaired) electrons. The normalized spacial score (nSPS) is 17.3. The summed E-state index contributed by atoms with van der Waals surface area (Å²) in [4.78, 5) is 31.4. The van der Waals surface area contributed by atoms with Crippen LogP contribution < -0.4 is 14.8 Å². The Morgan fingerprint density at radius 3 is 2.37 bits per heavy atom. The number of aliphatic imine (C=N–C) groups is 1. The molecule has 0 unspecified atom stereocenters. The van der Waals surface area contributed by atoms with Crippen LogP contribution in [0.2, 0.25) is 0 Å². The number of rotatable bonds is 8. The van der Waals surface area contributed by atoms with Crippen molar-refractivity contribution in [2.24, 2.45) is 4.99 Å². The van der Waals surface area contributed by atoms with E-state index >= 15 is 0 Å². The summed E-state index contributed by atoms with van der Waals surface area (Å²) in [6.45, 7) is 4.92. The molecule has 158 valence electrons. The Bertz CT molecular complexity index is 913. The molecule has 1 aliphatic rings. The highest BCUT2D eigenvalue weighted by Crippen LogP contribution is 2.32. The van der Waals surface area contributed by atoms with E-state index in [0.717, 1.165) is 11.4 Å². The molecular weight excluding hydrogens is 402 g/mol. The van der Waals surface area contributed by atoms with E-state index in [-0.39, 0.29) is 18.2 Å². The van der Waals surface area contributed by atoms with Crippen LogP contribution in [0.15, 0.2) is 53.5 Å². The maximum absolute atomic E-state index is 12.8. The lowest BCUT2D eigenvalue weighted by atomic mass is 10.2. The van der Waals surface area contributed by atoms with Crippen LogP contribution in [0.5, 0.6) is 11.5 Å². The third-order valence-electron chi connectivity index (χ3n) is 4.45. The summed E-state index contributed by atoms with van der Waals surface area (Å²) >= 11 is 1.32. The second-order valence-electron chi connectivity index (χ2n) is 6.49. The molecule has 0 saturated carbocycles. The summed E-state index contributed by atoms with van der Waals surface area (Å²) in [5.74, 6) is 1.17. The van der Waals surface area contributed by atoms with Crippen molar-refractivity contribution in [3.05, 3.63) is 48.5 Å². The van der Waals surface area contributed by atoms with Gasteiger partial charge in [0.1, 0.15) is 16.7 Å². The van der Waals surface area contributed by atoms with E-state index in [1.807, 2.05) is 38.1 Å². The van der Waals surface area contributed by atoms with Gasteiger partial charge < -0.3 is 14.8 Å². The molecule has 1 atom stereocenters. The molecule has 3 rings (SSSR count). The number of amides is 2. The second kappa shape index (κ2) is 10.2.